The molecule has 2 atom stereocenters. The predicted molar refractivity (Wildman–Crippen MR) is 81.2 cm³/mol. The van der Waals surface area contributed by atoms with E-state index in [0.29, 0.717) is 17.6 Å². The molecule has 102 valence electrons. The van der Waals surface area contributed by atoms with Crippen LogP contribution in [0.4, 0.5) is 0 Å². The molecule has 0 amide bonds. The molecule has 0 heterocycles. The number of halogens is 1. The zero-order chi connectivity index (χ0) is 14.0. The van der Waals surface area contributed by atoms with Gasteiger partial charge in [0.1, 0.15) is 0 Å². The van der Waals surface area contributed by atoms with E-state index in [1.165, 1.54) is 0 Å². The van der Waals surface area contributed by atoms with Gasteiger partial charge in [-0.2, -0.15) is 0 Å². The molecule has 1 aliphatic carbocycles. The van der Waals surface area contributed by atoms with Crippen LogP contribution in [0.3, 0.4) is 0 Å². The Kier molecular flexibility index (Phi) is 4.46. The van der Waals surface area contributed by atoms with Crippen LogP contribution in [-0.4, -0.2) is 5.78 Å². The molecule has 1 aromatic carbocycles. The molecular weight excluding hydrogens is 256 g/mol. The van der Waals surface area contributed by atoms with Gasteiger partial charge in [0, 0.05) is 10.9 Å². The van der Waals surface area contributed by atoms with Gasteiger partial charge in [-0.1, -0.05) is 44.5 Å². The summed E-state index contributed by atoms with van der Waals surface area (Å²) in [6.45, 7) is 6.42. The van der Waals surface area contributed by atoms with Crippen LogP contribution < -0.4 is 0 Å². The van der Waals surface area contributed by atoms with Gasteiger partial charge in [0.05, 0.1) is 0 Å². The minimum absolute atomic E-state index is 0.190. The van der Waals surface area contributed by atoms with Crippen molar-refractivity contribution in [1.29, 1.82) is 0 Å². The summed E-state index contributed by atoms with van der Waals surface area (Å²) in [7, 11) is 0. The van der Waals surface area contributed by atoms with Gasteiger partial charge < -0.3 is 0 Å². The summed E-state index contributed by atoms with van der Waals surface area (Å²) in [5.74, 6) is 1.31. The Balaban J connectivity index is 2.29. The molecule has 0 bridgehead atoms. The van der Waals surface area contributed by atoms with E-state index < -0.39 is 0 Å². The normalized spacial score (nSPS) is 26.2. The lowest BCUT2D eigenvalue weighted by Crippen LogP contribution is -2.30. The Morgan fingerprint density at radius 2 is 1.84 bits per heavy atom. The molecule has 0 aromatic heterocycles. The molecule has 2 heteroatoms. The van der Waals surface area contributed by atoms with Crippen LogP contribution in [0.5, 0.6) is 0 Å². The first kappa shape index (κ1) is 14.3. The summed E-state index contributed by atoms with van der Waals surface area (Å²) >= 11 is 5.89. The third-order valence-electron chi connectivity index (χ3n) is 4.06. The van der Waals surface area contributed by atoms with Crippen molar-refractivity contribution in [3.05, 3.63) is 40.4 Å². The number of Topliss-reactive ketones (excluding diaryl/α,β-unsaturated/α-hetero) is 1. The van der Waals surface area contributed by atoms with Crippen molar-refractivity contribution in [2.45, 2.75) is 33.6 Å². The summed E-state index contributed by atoms with van der Waals surface area (Å²) < 4.78 is 0. The molecule has 2 rings (SSSR count). The molecule has 0 aliphatic heterocycles. The number of rotatable bonds is 2. The minimum Gasteiger partial charge on any atom is -0.294 e. The molecule has 1 aromatic rings. The van der Waals surface area contributed by atoms with Gasteiger partial charge in [-0.25, -0.2) is 0 Å². The Morgan fingerprint density at radius 1 is 1.21 bits per heavy atom. The second kappa shape index (κ2) is 5.92. The Morgan fingerprint density at radius 3 is 2.42 bits per heavy atom. The second-order valence-corrected chi connectivity index (χ2v) is 6.28. The van der Waals surface area contributed by atoms with Crippen molar-refractivity contribution < 1.29 is 4.79 Å². The van der Waals surface area contributed by atoms with Crippen molar-refractivity contribution in [3.63, 3.8) is 0 Å². The second-order valence-electron chi connectivity index (χ2n) is 5.84. The van der Waals surface area contributed by atoms with Gasteiger partial charge in [-0.05, 0) is 54.0 Å². The molecule has 0 N–H and O–H groups in total. The van der Waals surface area contributed by atoms with Gasteiger partial charge in [0.25, 0.3) is 0 Å². The molecule has 0 radical (unpaired) electrons. The first-order valence-electron chi connectivity index (χ1n) is 7.00. The van der Waals surface area contributed by atoms with Crippen molar-refractivity contribution in [2.24, 2.45) is 17.8 Å². The van der Waals surface area contributed by atoms with E-state index in [4.69, 9.17) is 11.6 Å². The third-order valence-corrected chi connectivity index (χ3v) is 4.31. The highest BCUT2D eigenvalue weighted by molar-refractivity contribution is 6.30. The summed E-state index contributed by atoms with van der Waals surface area (Å²) in [5, 5.41) is 0.727. The van der Waals surface area contributed by atoms with Crippen LogP contribution in [0.1, 0.15) is 39.2 Å². The molecule has 1 nitrogen and oxygen atoms in total. The lowest BCUT2D eigenvalue weighted by molar-refractivity contribution is -0.122. The predicted octanol–water partition coefficient (Wildman–Crippen LogP) is 4.99. The molecular formula is C17H21ClO. The van der Waals surface area contributed by atoms with E-state index in [1.807, 2.05) is 30.3 Å². The van der Waals surface area contributed by atoms with Gasteiger partial charge in [-0.3, -0.25) is 4.79 Å². The first-order chi connectivity index (χ1) is 8.99. The fourth-order valence-corrected chi connectivity index (χ4v) is 2.89. The number of benzene rings is 1. The maximum Gasteiger partial charge on any atom is 0.162 e. The molecule has 1 fully saturated rings. The van der Waals surface area contributed by atoms with E-state index in [0.717, 1.165) is 29.0 Å². The minimum atomic E-state index is 0.190. The monoisotopic (exact) mass is 276 g/mol. The quantitative estimate of drug-likeness (QED) is 0.695. The Bertz CT molecular complexity index is 484. The SMILES string of the molecule is CC1CCC(C(C)C)C(=O)/C1=C/c1ccc(Cl)cc1. The zero-order valence-electron chi connectivity index (χ0n) is 11.8. The molecule has 0 spiro atoms. The Hall–Kier alpha value is -1.08. The maximum absolute atomic E-state index is 12.6. The van der Waals surface area contributed by atoms with Crippen molar-refractivity contribution in [1.82, 2.24) is 0 Å². The number of carbonyl (C=O) groups excluding carboxylic acids is 1. The molecule has 0 saturated heterocycles. The highest BCUT2D eigenvalue weighted by Crippen LogP contribution is 2.35. The van der Waals surface area contributed by atoms with E-state index >= 15 is 0 Å². The molecule has 1 saturated carbocycles. The molecule has 19 heavy (non-hydrogen) atoms. The van der Waals surface area contributed by atoms with E-state index in [1.54, 1.807) is 0 Å². The van der Waals surface area contributed by atoms with Gasteiger partial charge in [-0.15, -0.1) is 0 Å². The smallest absolute Gasteiger partial charge is 0.162 e. The van der Waals surface area contributed by atoms with E-state index in [9.17, 15) is 4.79 Å². The Labute approximate surface area is 120 Å². The fourth-order valence-electron chi connectivity index (χ4n) is 2.76. The number of hydrogen-bond acceptors (Lipinski definition) is 1. The summed E-state index contributed by atoms with van der Waals surface area (Å²) in [5.41, 5.74) is 2.04. The van der Waals surface area contributed by atoms with Crippen LogP contribution >= 0.6 is 11.6 Å². The van der Waals surface area contributed by atoms with Crippen molar-refractivity contribution in [2.75, 3.05) is 0 Å². The van der Waals surface area contributed by atoms with Gasteiger partial charge in [0.2, 0.25) is 0 Å². The van der Waals surface area contributed by atoms with Crippen LogP contribution in [0.15, 0.2) is 29.8 Å². The first-order valence-corrected chi connectivity index (χ1v) is 7.38. The molecule has 1 aliphatic rings. The van der Waals surface area contributed by atoms with Gasteiger partial charge in [0.15, 0.2) is 5.78 Å². The number of ketones is 1. The highest BCUT2D eigenvalue weighted by Gasteiger charge is 2.32. The lowest BCUT2D eigenvalue weighted by Gasteiger charge is -2.30. The van der Waals surface area contributed by atoms with E-state index in [2.05, 4.69) is 20.8 Å². The number of allylic oxidation sites excluding steroid dienone is 1. The fraction of sp³-hybridized carbons (Fsp3) is 0.471. The van der Waals surface area contributed by atoms with Gasteiger partial charge >= 0.3 is 0 Å². The maximum atomic E-state index is 12.6. The average molecular weight is 277 g/mol. The van der Waals surface area contributed by atoms with E-state index in [-0.39, 0.29) is 5.92 Å². The number of hydrogen-bond donors (Lipinski definition) is 0. The largest absolute Gasteiger partial charge is 0.294 e. The van der Waals surface area contributed by atoms with Crippen molar-refractivity contribution in [3.8, 4) is 0 Å². The highest BCUT2D eigenvalue weighted by atomic mass is 35.5. The zero-order valence-corrected chi connectivity index (χ0v) is 12.6. The van der Waals surface area contributed by atoms with Crippen LogP contribution in [0, 0.1) is 17.8 Å². The third kappa shape index (κ3) is 3.27. The average Bonchev–Trinajstić information content (AvgIpc) is 2.36. The van der Waals surface area contributed by atoms with Crippen LogP contribution in [0.2, 0.25) is 5.02 Å². The topological polar surface area (TPSA) is 17.1 Å². The summed E-state index contributed by atoms with van der Waals surface area (Å²) in [6.07, 6.45) is 4.17. The number of carbonyl (C=O) groups is 1. The molecule has 2 unspecified atom stereocenters. The summed E-state index contributed by atoms with van der Waals surface area (Å²) in [4.78, 5) is 12.6. The van der Waals surface area contributed by atoms with Crippen LogP contribution in [-0.2, 0) is 4.79 Å². The van der Waals surface area contributed by atoms with Crippen molar-refractivity contribution >= 4 is 23.5 Å². The summed E-state index contributed by atoms with van der Waals surface area (Å²) in [6, 6.07) is 7.67. The van der Waals surface area contributed by atoms with Crippen LogP contribution in [0.25, 0.3) is 6.08 Å². The lowest BCUT2D eigenvalue weighted by atomic mass is 9.73. The standard InChI is InChI=1S/C17H21ClO/c1-11(2)15-9-4-12(3)16(17(15)19)10-13-5-7-14(18)8-6-13/h5-8,10-12,15H,4,9H2,1-3H3/b16-10+.